The van der Waals surface area contributed by atoms with E-state index in [0.717, 1.165) is 19.4 Å². The lowest BCUT2D eigenvalue weighted by atomic mass is 10.1. The summed E-state index contributed by atoms with van der Waals surface area (Å²) in [5, 5.41) is 0. The summed E-state index contributed by atoms with van der Waals surface area (Å²) in [6.45, 7) is 10.2. The zero-order chi connectivity index (χ0) is 8.53. The van der Waals surface area contributed by atoms with Gasteiger partial charge in [-0.05, 0) is 32.6 Å². The Hall–Kier alpha value is -0.720. The van der Waals surface area contributed by atoms with E-state index < -0.39 is 0 Å². The zero-order valence-electron chi connectivity index (χ0n) is 7.44. The molecule has 0 bridgehead atoms. The SMILES string of the molecule is C=COCCCCCC(=C)C. The fourth-order valence-corrected chi connectivity index (χ4v) is 0.872. The Kier molecular flexibility index (Phi) is 6.90. The van der Waals surface area contributed by atoms with Crippen molar-refractivity contribution in [2.24, 2.45) is 0 Å². The van der Waals surface area contributed by atoms with Gasteiger partial charge in [0, 0.05) is 0 Å². The standard InChI is InChI=1S/C10H18O/c1-4-11-9-7-5-6-8-10(2)3/h4H,1-2,5-9H2,3H3. The maximum Gasteiger partial charge on any atom is 0.0873 e. The van der Waals surface area contributed by atoms with Crippen molar-refractivity contribution in [3.63, 3.8) is 0 Å². The fraction of sp³-hybridized carbons (Fsp3) is 0.600. The Morgan fingerprint density at radius 2 is 2.09 bits per heavy atom. The van der Waals surface area contributed by atoms with E-state index >= 15 is 0 Å². The number of allylic oxidation sites excluding steroid dienone is 1. The van der Waals surface area contributed by atoms with E-state index in [-0.39, 0.29) is 0 Å². The normalized spacial score (nSPS) is 9.18. The van der Waals surface area contributed by atoms with Gasteiger partial charge in [-0.25, -0.2) is 0 Å². The minimum absolute atomic E-state index is 0.805. The van der Waals surface area contributed by atoms with Crippen LogP contribution < -0.4 is 0 Å². The largest absolute Gasteiger partial charge is 0.502 e. The minimum Gasteiger partial charge on any atom is -0.502 e. The van der Waals surface area contributed by atoms with Gasteiger partial charge in [-0.1, -0.05) is 12.2 Å². The Morgan fingerprint density at radius 1 is 1.36 bits per heavy atom. The molecule has 0 aliphatic heterocycles. The van der Waals surface area contributed by atoms with Crippen molar-refractivity contribution < 1.29 is 4.74 Å². The average Bonchev–Trinajstić information content (AvgIpc) is 1.96. The number of ether oxygens (including phenoxy) is 1. The van der Waals surface area contributed by atoms with Crippen LogP contribution in [0, 0.1) is 0 Å². The third kappa shape index (κ3) is 9.28. The number of unbranched alkanes of at least 4 members (excludes halogenated alkanes) is 2. The Labute approximate surface area is 69.8 Å². The second-order valence-corrected chi connectivity index (χ2v) is 2.81. The Bertz CT molecular complexity index is 116. The summed E-state index contributed by atoms with van der Waals surface area (Å²) in [6, 6.07) is 0. The summed E-state index contributed by atoms with van der Waals surface area (Å²) in [5.74, 6) is 0. The van der Waals surface area contributed by atoms with Gasteiger partial charge in [-0.2, -0.15) is 0 Å². The molecule has 1 heteroatoms. The molecule has 0 radical (unpaired) electrons. The molecule has 0 atom stereocenters. The molecule has 0 aliphatic carbocycles. The zero-order valence-corrected chi connectivity index (χ0v) is 7.44. The molecule has 0 N–H and O–H groups in total. The first-order chi connectivity index (χ1) is 5.27. The van der Waals surface area contributed by atoms with Crippen LogP contribution in [-0.4, -0.2) is 6.61 Å². The van der Waals surface area contributed by atoms with Crippen LogP contribution in [0.5, 0.6) is 0 Å². The van der Waals surface area contributed by atoms with Crippen molar-refractivity contribution in [1.82, 2.24) is 0 Å². The molecule has 0 aromatic carbocycles. The van der Waals surface area contributed by atoms with Crippen LogP contribution in [0.1, 0.15) is 32.6 Å². The van der Waals surface area contributed by atoms with Gasteiger partial charge in [0.15, 0.2) is 0 Å². The van der Waals surface area contributed by atoms with Crippen molar-refractivity contribution in [2.75, 3.05) is 6.61 Å². The molecule has 11 heavy (non-hydrogen) atoms. The summed E-state index contributed by atoms with van der Waals surface area (Å²) in [5.41, 5.74) is 1.27. The van der Waals surface area contributed by atoms with Crippen molar-refractivity contribution in [3.8, 4) is 0 Å². The van der Waals surface area contributed by atoms with E-state index in [4.69, 9.17) is 4.74 Å². The van der Waals surface area contributed by atoms with Crippen LogP contribution in [-0.2, 0) is 4.74 Å². The quantitative estimate of drug-likeness (QED) is 0.310. The fourth-order valence-electron chi connectivity index (χ4n) is 0.872. The molecular formula is C10H18O. The van der Waals surface area contributed by atoms with Crippen LogP contribution in [0.25, 0.3) is 0 Å². The van der Waals surface area contributed by atoms with Crippen molar-refractivity contribution in [3.05, 3.63) is 25.0 Å². The molecule has 0 spiro atoms. The molecule has 0 amide bonds. The predicted octanol–water partition coefficient (Wildman–Crippen LogP) is 3.28. The summed E-state index contributed by atoms with van der Waals surface area (Å²) in [6.07, 6.45) is 6.22. The molecule has 0 rings (SSSR count). The third-order valence-corrected chi connectivity index (χ3v) is 1.48. The van der Waals surface area contributed by atoms with Gasteiger partial charge >= 0.3 is 0 Å². The monoisotopic (exact) mass is 154 g/mol. The highest BCUT2D eigenvalue weighted by molar-refractivity contribution is 4.86. The molecule has 0 heterocycles. The van der Waals surface area contributed by atoms with Gasteiger partial charge in [0.05, 0.1) is 12.9 Å². The molecule has 0 aliphatic rings. The third-order valence-electron chi connectivity index (χ3n) is 1.48. The van der Waals surface area contributed by atoms with Gasteiger partial charge in [-0.3, -0.25) is 0 Å². The average molecular weight is 154 g/mol. The van der Waals surface area contributed by atoms with E-state index in [2.05, 4.69) is 20.1 Å². The maximum atomic E-state index is 4.98. The van der Waals surface area contributed by atoms with Gasteiger partial charge in [-0.15, -0.1) is 6.58 Å². The van der Waals surface area contributed by atoms with E-state index in [1.54, 1.807) is 0 Å². The van der Waals surface area contributed by atoms with Gasteiger partial charge in [0.1, 0.15) is 0 Å². The van der Waals surface area contributed by atoms with E-state index in [1.807, 2.05) is 0 Å². The molecule has 64 valence electrons. The first-order valence-electron chi connectivity index (χ1n) is 4.14. The number of rotatable bonds is 7. The highest BCUT2D eigenvalue weighted by atomic mass is 16.5. The molecule has 0 saturated carbocycles. The first kappa shape index (κ1) is 10.3. The molecule has 0 aromatic heterocycles. The second-order valence-electron chi connectivity index (χ2n) is 2.81. The number of hydrogen-bond donors (Lipinski definition) is 0. The Morgan fingerprint density at radius 3 is 2.64 bits per heavy atom. The van der Waals surface area contributed by atoms with Gasteiger partial charge in [0.25, 0.3) is 0 Å². The summed E-state index contributed by atoms with van der Waals surface area (Å²) in [7, 11) is 0. The molecule has 0 fully saturated rings. The molecule has 1 nitrogen and oxygen atoms in total. The molecular weight excluding hydrogens is 136 g/mol. The summed E-state index contributed by atoms with van der Waals surface area (Å²) < 4.78 is 4.98. The van der Waals surface area contributed by atoms with Crippen LogP contribution >= 0.6 is 0 Å². The van der Waals surface area contributed by atoms with Crippen LogP contribution in [0.15, 0.2) is 25.0 Å². The summed E-state index contributed by atoms with van der Waals surface area (Å²) in [4.78, 5) is 0. The van der Waals surface area contributed by atoms with Crippen LogP contribution in [0.2, 0.25) is 0 Å². The molecule has 0 unspecified atom stereocenters. The van der Waals surface area contributed by atoms with E-state index in [0.29, 0.717) is 0 Å². The van der Waals surface area contributed by atoms with Crippen LogP contribution in [0.4, 0.5) is 0 Å². The lowest BCUT2D eigenvalue weighted by molar-refractivity contribution is 0.242. The first-order valence-corrected chi connectivity index (χ1v) is 4.14. The van der Waals surface area contributed by atoms with Crippen LogP contribution in [0.3, 0.4) is 0 Å². The topological polar surface area (TPSA) is 9.23 Å². The lowest BCUT2D eigenvalue weighted by Crippen LogP contribution is -1.87. The van der Waals surface area contributed by atoms with E-state index in [9.17, 15) is 0 Å². The molecule has 0 aromatic rings. The highest BCUT2D eigenvalue weighted by Gasteiger charge is 1.89. The highest BCUT2D eigenvalue weighted by Crippen LogP contribution is 2.05. The number of hydrogen-bond acceptors (Lipinski definition) is 1. The van der Waals surface area contributed by atoms with Gasteiger partial charge < -0.3 is 4.74 Å². The van der Waals surface area contributed by atoms with Gasteiger partial charge in [0.2, 0.25) is 0 Å². The van der Waals surface area contributed by atoms with E-state index in [1.165, 1.54) is 24.7 Å². The van der Waals surface area contributed by atoms with Crippen molar-refractivity contribution in [1.29, 1.82) is 0 Å². The second kappa shape index (κ2) is 7.39. The lowest BCUT2D eigenvalue weighted by Gasteiger charge is -2.00. The van der Waals surface area contributed by atoms with Crippen molar-refractivity contribution in [2.45, 2.75) is 32.6 Å². The predicted molar refractivity (Wildman–Crippen MR) is 49.4 cm³/mol. The minimum atomic E-state index is 0.805. The van der Waals surface area contributed by atoms with Crippen molar-refractivity contribution >= 4 is 0 Å². The smallest absolute Gasteiger partial charge is 0.0873 e. The Balaban J connectivity index is 2.90. The maximum absolute atomic E-state index is 4.98. The summed E-state index contributed by atoms with van der Waals surface area (Å²) >= 11 is 0. The molecule has 0 saturated heterocycles.